The Bertz CT molecular complexity index is 806. The Hall–Kier alpha value is -2.70. The van der Waals surface area contributed by atoms with Crippen LogP contribution in [-0.2, 0) is 17.4 Å². The summed E-state index contributed by atoms with van der Waals surface area (Å²) in [4.78, 5) is 14.3. The molecule has 2 aromatic rings. The lowest BCUT2D eigenvalue weighted by molar-refractivity contribution is -0.139. The molecule has 1 amide bonds. The van der Waals surface area contributed by atoms with E-state index in [4.69, 9.17) is 4.74 Å². The van der Waals surface area contributed by atoms with Crippen molar-refractivity contribution in [1.82, 2.24) is 0 Å². The number of amides is 1. The minimum absolute atomic E-state index is 0.360. The summed E-state index contributed by atoms with van der Waals surface area (Å²) in [7, 11) is 0. The summed E-state index contributed by atoms with van der Waals surface area (Å²) < 4.78 is 43.9. The third-order valence-electron chi connectivity index (χ3n) is 4.29. The van der Waals surface area contributed by atoms with Gasteiger partial charge in [0.15, 0.2) is 6.61 Å². The number of hydrogen-bond acceptors (Lipinski definition) is 3. The van der Waals surface area contributed by atoms with Crippen LogP contribution in [0, 0.1) is 0 Å². The van der Waals surface area contributed by atoms with Gasteiger partial charge >= 0.3 is 6.18 Å². The SMILES string of the molecule is CCN1CCc2ccc(NC(=O)COc3ccccc3C(F)(F)F)cc21. The number of rotatable bonds is 5. The molecule has 1 aliphatic heterocycles. The molecule has 0 unspecified atom stereocenters. The number of benzene rings is 2. The average Bonchev–Trinajstić information content (AvgIpc) is 3.02. The third kappa shape index (κ3) is 3.92. The molecule has 0 atom stereocenters. The van der Waals surface area contributed by atoms with E-state index in [9.17, 15) is 18.0 Å². The van der Waals surface area contributed by atoms with Gasteiger partial charge in [0.1, 0.15) is 5.75 Å². The molecule has 3 rings (SSSR count). The number of para-hydroxylation sites is 1. The second-order valence-electron chi connectivity index (χ2n) is 6.00. The normalized spacial score (nSPS) is 13.5. The lowest BCUT2D eigenvalue weighted by atomic mass is 10.1. The van der Waals surface area contributed by atoms with E-state index in [2.05, 4.69) is 17.1 Å². The number of carbonyl (C=O) groups excluding carboxylic acids is 1. The van der Waals surface area contributed by atoms with Crippen molar-refractivity contribution in [2.75, 3.05) is 29.9 Å². The van der Waals surface area contributed by atoms with Crippen molar-refractivity contribution >= 4 is 17.3 Å². The monoisotopic (exact) mass is 364 g/mol. The molecule has 1 aliphatic rings. The summed E-state index contributed by atoms with van der Waals surface area (Å²) in [6.45, 7) is 3.39. The number of halogens is 3. The Morgan fingerprint density at radius 2 is 2.00 bits per heavy atom. The summed E-state index contributed by atoms with van der Waals surface area (Å²) in [5, 5.41) is 2.67. The molecule has 138 valence electrons. The van der Waals surface area contributed by atoms with E-state index in [1.165, 1.54) is 23.8 Å². The standard InChI is InChI=1S/C19H19F3N2O2/c1-2-24-10-9-13-7-8-14(11-16(13)24)23-18(25)12-26-17-6-4-3-5-15(17)19(20,21)22/h3-8,11H,2,9-10,12H2,1H3,(H,23,25). The quantitative estimate of drug-likeness (QED) is 0.868. The molecule has 0 spiro atoms. The van der Waals surface area contributed by atoms with Gasteiger partial charge in [-0.15, -0.1) is 0 Å². The van der Waals surface area contributed by atoms with Gasteiger partial charge in [0.25, 0.3) is 5.91 Å². The van der Waals surface area contributed by atoms with Crippen molar-refractivity contribution in [3.05, 3.63) is 53.6 Å². The van der Waals surface area contributed by atoms with Crippen molar-refractivity contribution in [2.24, 2.45) is 0 Å². The highest BCUT2D eigenvalue weighted by atomic mass is 19.4. The van der Waals surface area contributed by atoms with Gasteiger partial charge < -0.3 is 15.0 Å². The first kappa shape index (κ1) is 18.1. The molecular weight excluding hydrogens is 345 g/mol. The smallest absolute Gasteiger partial charge is 0.419 e. The van der Waals surface area contributed by atoms with Gasteiger partial charge in [0.2, 0.25) is 0 Å². The fourth-order valence-electron chi connectivity index (χ4n) is 3.02. The van der Waals surface area contributed by atoms with Crippen LogP contribution in [0.25, 0.3) is 0 Å². The number of anilines is 2. The van der Waals surface area contributed by atoms with Crippen LogP contribution in [0.2, 0.25) is 0 Å². The lowest BCUT2D eigenvalue weighted by Gasteiger charge is -2.17. The van der Waals surface area contributed by atoms with Gasteiger partial charge in [0.05, 0.1) is 5.56 Å². The summed E-state index contributed by atoms with van der Waals surface area (Å²) in [6, 6.07) is 10.5. The van der Waals surface area contributed by atoms with Crippen molar-refractivity contribution < 1.29 is 22.7 Å². The zero-order valence-corrected chi connectivity index (χ0v) is 14.3. The van der Waals surface area contributed by atoms with Crippen molar-refractivity contribution in [3.63, 3.8) is 0 Å². The topological polar surface area (TPSA) is 41.6 Å². The molecule has 0 fully saturated rings. The van der Waals surface area contributed by atoms with E-state index in [-0.39, 0.29) is 5.75 Å². The number of ether oxygens (including phenoxy) is 1. The summed E-state index contributed by atoms with van der Waals surface area (Å²) >= 11 is 0. The van der Waals surface area contributed by atoms with Crippen molar-refractivity contribution in [3.8, 4) is 5.75 Å². The maximum Gasteiger partial charge on any atom is 0.419 e. The molecule has 26 heavy (non-hydrogen) atoms. The zero-order valence-electron chi connectivity index (χ0n) is 14.3. The van der Waals surface area contributed by atoms with Crippen LogP contribution >= 0.6 is 0 Å². The lowest BCUT2D eigenvalue weighted by Crippen LogP contribution is -2.22. The van der Waals surface area contributed by atoms with Crippen LogP contribution < -0.4 is 15.0 Å². The van der Waals surface area contributed by atoms with E-state index in [1.807, 2.05) is 12.1 Å². The van der Waals surface area contributed by atoms with Crippen LogP contribution in [-0.4, -0.2) is 25.6 Å². The molecule has 2 aromatic carbocycles. The summed E-state index contributed by atoms with van der Waals surface area (Å²) in [6.07, 6.45) is -3.56. The highest BCUT2D eigenvalue weighted by Gasteiger charge is 2.34. The first-order valence-electron chi connectivity index (χ1n) is 8.35. The molecule has 1 N–H and O–H groups in total. The van der Waals surface area contributed by atoms with E-state index in [0.29, 0.717) is 5.69 Å². The Morgan fingerprint density at radius 3 is 2.73 bits per heavy atom. The predicted molar refractivity (Wildman–Crippen MR) is 93.6 cm³/mol. The number of fused-ring (bicyclic) bond motifs is 1. The second-order valence-corrected chi connectivity index (χ2v) is 6.00. The number of hydrogen-bond donors (Lipinski definition) is 1. The largest absolute Gasteiger partial charge is 0.483 e. The maximum atomic E-state index is 12.9. The van der Waals surface area contributed by atoms with Gasteiger partial charge in [0, 0.05) is 24.5 Å². The van der Waals surface area contributed by atoms with Crippen LogP contribution in [0.15, 0.2) is 42.5 Å². The Morgan fingerprint density at radius 1 is 1.23 bits per heavy atom. The molecule has 0 bridgehead atoms. The molecular formula is C19H19F3N2O2. The summed E-state index contributed by atoms with van der Waals surface area (Å²) in [5.74, 6) is -0.871. The fraction of sp³-hybridized carbons (Fsp3) is 0.316. The van der Waals surface area contributed by atoms with E-state index in [1.54, 1.807) is 6.07 Å². The van der Waals surface area contributed by atoms with Crippen LogP contribution in [0.5, 0.6) is 5.75 Å². The predicted octanol–water partition coefficient (Wildman–Crippen LogP) is 4.11. The number of nitrogens with zero attached hydrogens (tertiary/aromatic N) is 1. The molecule has 4 nitrogen and oxygen atoms in total. The Balaban J connectivity index is 1.64. The van der Waals surface area contributed by atoms with Gasteiger partial charge in [-0.1, -0.05) is 18.2 Å². The van der Waals surface area contributed by atoms with Crippen LogP contribution in [0.4, 0.5) is 24.5 Å². The first-order valence-corrected chi connectivity index (χ1v) is 8.35. The minimum Gasteiger partial charge on any atom is -0.483 e. The Labute approximate surface area is 149 Å². The number of carbonyl (C=O) groups is 1. The molecule has 0 aliphatic carbocycles. The third-order valence-corrected chi connectivity index (χ3v) is 4.29. The van der Waals surface area contributed by atoms with Crippen LogP contribution in [0.3, 0.4) is 0 Å². The number of nitrogens with one attached hydrogen (secondary N) is 1. The molecule has 0 saturated heterocycles. The zero-order chi connectivity index (χ0) is 18.7. The highest BCUT2D eigenvalue weighted by Crippen LogP contribution is 2.36. The van der Waals surface area contributed by atoms with Crippen LogP contribution in [0.1, 0.15) is 18.1 Å². The molecule has 0 saturated carbocycles. The number of likely N-dealkylation sites (N-methyl/N-ethyl adjacent to an activating group) is 1. The Kier molecular flexibility index (Phi) is 5.06. The second kappa shape index (κ2) is 7.27. The maximum absolute atomic E-state index is 12.9. The average molecular weight is 364 g/mol. The van der Waals surface area contributed by atoms with Crippen molar-refractivity contribution in [1.29, 1.82) is 0 Å². The highest BCUT2D eigenvalue weighted by molar-refractivity contribution is 5.92. The van der Waals surface area contributed by atoms with E-state index in [0.717, 1.165) is 31.3 Å². The van der Waals surface area contributed by atoms with Gasteiger partial charge in [-0.05, 0) is 43.2 Å². The van der Waals surface area contributed by atoms with Gasteiger partial charge in [-0.2, -0.15) is 13.2 Å². The molecule has 7 heteroatoms. The van der Waals surface area contributed by atoms with E-state index < -0.39 is 24.3 Å². The first-order chi connectivity index (χ1) is 12.4. The summed E-state index contributed by atoms with van der Waals surface area (Å²) in [5.41, 5.74) is 2.00. The van der Waals surface area contributed by atoms with Crippen molar-refractivity contribution in [2.45, 2.75) is 19.5 Å². The number of alkyl halides is 3. The molecule has 1 heterocycles. The van der Waals surface area contributed by atoms with Gasteiger partial charge in [-0.25, -0.2) is 0 Å². The minimum atomic E-state index is -4.53. The molecule has 0 radical (unpaired) electrons. The van der Waals surface area contributed by atoms with E-state index >= 15 is 0 Å². The van der Waals surface area contributed by atoms with Gasteiger partial charge in [-0.3, -0.25) is 4.79 Å². The molecule has 0 aromatic heterocycles. The fourth-order valence-corrected chi connectivity index (χ4v) is 3.02.